The van der Waals surface area contributed by atoms with Crippen molar-refractivity contribution in [3.63, 3.8) is 0 Å². The number of rotatable bonds is 5. The Kier molecular flexibility index (Phi) is 5.06. The Balaban J connectivity index is 2.11. The molecule has 0 N–H and O–H groups in total. The van der Waals surface area contributed by atoms with Crippen LogP contribution in [0.3, 0.4) is 0 Å². The molecular formula is C19H15ClFNO2S. The number of anilines is 1. The van der Waals surface area contributed by atoms with Crippen molar-refractivity contribution in [1.82, 2.24) is 0 Å². The van der Waals surface area contributed by atoms with Gasteiger partial charge in [0.25, 0.3) is 10.0 Å². The van der Waals surface area contributed by atoms with E-state index in [4.69, 9.17) is 11.6 Å². The van der Waals surface area contributed by atoms with Crippen molar-refractivity contribution in [3.8, 4) is 0 Å². The third-order valence-corrected chi connectivity index (χ3v) is 5.68. The highest BCUT2D eigenvalue weighted by Crippen LogP contribution is 2.28. The lowest BCUT2D eigenvalue weighted by atomic mass is 10.2. The smallest absolute Gasteiger partial charge is 0.259 e. The molecule has 0 aromatic heterocycles. The fourth-order valence-corrected chi connectivity index (χ4v) is 4.17. The van der Waals surface area contributed by atoms with Gasteiger partial charge in [-0.2, -0.15) is 0 Å². The molecule has 3 nitrogen and oxygen atoms in total. The summed E-state index contributed by atoms with van der Waals surface area (Å²) in [6.07, 6.45) is 0. The fourth-order valence-electron chi connectivity index (χ4n) is 2.47. The summed E-state index contributed by atoms with van der Waals surface area (Å²) in [5.41, 5.74) is 0.654. The van der Waals surface area contributed by atoms with Gasteiger partial charge in [-0.25, -0.2) is 12.8 Å². The third-order valence-electron chi connectivity index (χ3n) is 3.67. The molecule has 0 aliphatic carbocycles. The maximum atomic E-state index is 14.3. The molecule has 0 saturated carbocycles. The molecule has 128 valence electrons. The Bertz CT molecular complexity index is 977. The molecule has 0 amide bonds. The number of halogens is 2. The van der Waals surface area contributed by atoms with E-state index in [0.717, 1.165) is 4.31 Å². The Hall–Kier alpha value is -2.37. The van der Waals surface area contributed by atoms with Crippen molar-refractivity contribution < 1.29 is 12.8 Å². The Morgan fingerprint density at radius 1 is 0.880 bits per heavy atom. The van der Waals surface area contributed by atoms with Crippen LogP contribution in [-0.2, 0) is 16.6 Å². The molecular weight excluding hydrogens is 361 g/mol. The highest BCUT2D eigenvalue weighted by atomic mass is 35.5. The number of para-hydroxylation sites is 1. The van der Waals surface area contributed by atoms with E-state index in [9.17, 15) is 12.8 Å². The standard InChI is InChI=1S/C19H15ClFNO2S/c20-16-8-6-7-15(13-16)14-22(19-12-5-4-11-18(19)21)25(23,24)17-9-2-1-3-10-17/h1-13H,14H2. The molecule has 3 aromatic carbocycles. The summed E-state index contributed by atoms with van der Waals surface area (Å²) >= 11 is 5.99. The van der Waals surface area contributed by atoms with Gasteiger partial charge in [-0.1, -0.05) is 54.1 Å². The quantitative estimate of drug-likeness (QED) is 0.637. The first kappa shape index (κ1) is 17.5. The fraction of sp³-hybridized carbons (Fsp3) is 0.0526. The van der Waals surface area contributed by atoms with Crippen LogP contribution in [0.2, 0.25) is 5.02 Å². The lowest BCUT2D eigenvalue weighted by molar-refractivity contribution is 0.584. The second kappa shape index (κ2) is 7.25. The van der Waals surface area contributed by atoms with E-state index >= 15 is 0 Å². The van der Waals surface area contributed by atoms with Crippen molar-refractivity contribution in [2.24, 2.45) is 0 Å². The van der Waals surface area contributed by atoms with E-state index in [-0.39, 0.29) is 17.1 Å². The molecule has 25 heavy (non-hydrogen) atoms. The van der Waals surface area contributed by atoms with Gasteiger partial charge in [-0.3, -0.25) is 4.31 Å². The molecule has 6 heteroatoms. The molecule has 3 rings (SSSR count). The molecule has 3 aromatic rings. The van der Waals surface area contributed by atoms with E-state index < -0.39 is 15.8 Å². The average molecular weight is 376 g/mol. The first-order valence-electron chi connectivity index (χ1n) is 7.55. The zero-order valence-corrected chi connectivity index (χ0v) is 14.7. The first-order valence-corrected chi connectivity index (χ1v) is 9.37. The zero-order valence-electron chi connectivity index (χ0n) is 13.1. The summed E-state index contributed by atoms with van der Waals surface area (Å²) in [5, 5.41) is 0.489. The van der Waals surface area contributed by atoms with Crippen LogP contribution in [0.15, 0.2) is 83.8 Å². The van der Waals surface area contributed by atoms with E-state index in [2.05, 4.69) is 0 Å². The number of nitrogens with zero attached hydrogens (tertiary/aromatic N) is 1. The predicted molar refractivity (Wildman–Crippen MR) is 97.7 cm³/mol. The lowest BCUT2D eigenvalue weighted by Gasteiger charge is -2.25. The van der Waals surface area contributed by atoms with E-state index in [0.29, 0.717) is 10.6 Å². The summed E-state index contributed by atoms with van der Waals surface area (Å²) in [5.74, 6) is -0.607. The van der Waals surface area contributed by atoms with Crippen LogP contribution in [-0.4, -0.2) is 8.42 Å². The molecule has 0 heterocycles. The van der Waals surface area contributed by atoms with Crippen LogP contribution >= 0.6 is 11.6 Å². The molecule has 0 unspecified atom stereocenters. The van der Waals surface area contributed by atoms with E-state index in [1.54, 1.807) is 48.5 Å². The van der Waals surface area contributed by atoms with E-state index in [1.807, 2.05) is 0 Å². The number of hydrogen-bond acceptors (Lipinski definition) is 2. The first-order chi connectivity index (χ1) is 12.0. The topological polar surface area (TPSA) is 37.4 Å². The molecule has 0 aliphatic rings. The van der Waals surface area contributed by atoms with Crippen molar-refractivity contribution >= 4 is 27.3 Å². The van der Waals surface area contributed by atoms with Gasteiger partial charge in [-0.05, 0) is 42.0 Å². The molecule has 0 radical (unpaired) electrons. The molecule has 0 spiro atoms. The SMILES string of the molecule is O=S(=O)(c1ccccc1)N(Cc1cccc(Cl)c1)c1ccccc1F. The molecule has 0 bridgehead atoms. The second-order valence-electron chi connectivity index (χ2n) is 5.41. The predicted octanol–water partition coefficient (Wildman–Crippen LogP) is 4.87. The van der Waals surface area contributed by atoms with Crippen LogP contribution < -0.4 is 4.31 Å². The van der Waals surface area contributed by atoms with Crippen molar-refractivity contribution in [1.29, 1.82) is 0 Å². The average Bonchev–Trinajstić information content (AvgIpc) is 2.61. The number of sulfonamides is 1. The minimum atomic E-state index is -3.94. The molecule has 0 atom stereocenters. The maximum Gasteiger partial charge on any atom is 0.264 e. The minimum absolute atomic E-state index is 0.00803. The van der Waals surface area contributed by atoms with Gasteiger partial charge in [0.1, 0.15) is 5.82 Å². The normalized spacial score (nSPS) is 11.3. The van der Waals surface area contributed by atoms with Crippen LogP contribution in [0.4, 0.5) is 10.1 Å². The van der Waals surface area contributed by atoms with Gasteiger partial charge in [0.15, 0.2) is 0 Å². The van der Waals surface area contributed by atoms with Crippen molar-refractivity contribution in [3.05, 3.63) is 95.3 Å². The summed E-state index contributed by atoms with van der Waals surface area (Å²) < 4.78 is 41.6. The Morgan fingerprint density at radius 3 is 2.24 bits per heavy atom. The van der Waals surface area contributed by atoms with Crippen LogP contribution in [0.5, 0.6) is 0 Å². The largest absolute Gasteiger partial charge is 0.264 e. The summed E-state index contributed by atoms with van der Waals surface area (Å²) in [6, 6.07) is 20.6. The highest BCUT2D eigenvalue weighted by molar-refractivity contribution is 7.92. The van der Waals surface area contributed by atoms with Gasteiger partial charge in [0.05, 0.1) is 17.1 Å². The maximum absolute atomic E-state index is 14.3. The van der Waals surface area contributed by atoms with E-state index in [1.165, 1.54) is 30.3 Å². The van der Waals surface area contributed by atoms with Gasteiger partial charge in [-0.15, -0.1) is 0 Å². The second-order valence-corrected chi connectivity index (χ2v) is 7.70. The lowest BCUT2D eigenvalue weighted by Crippen LogP contribution is -2.31. The molecule has 0 saturated heterocycles. The van der Waals surface area contributed by atoms with Gasteiger partial charge in [0.2, 0.25) is 0 Å². The number of benzene rings is 3. The Labute approximate surface area is 151 Å². The Morgan fingerprint density at radius 2 is 1.56 bits per heavy atom. The zero-order chi connectivity index (χ0) is 17.9. The van der Waals surface area contributed by atoms with Gasteiger partial charge >= 0.3 is 0 Å². The van der Waals surface area contributed by atoms with Crippen molar-refractivity contribution in [2.75, 3.05) is 4.31 Å². The van der Waals surface area contributed by atoms with Crippen LogP contribution in [0, 0.1) is 5.82 Å². The summed E-state index contributed by atoms with van der Waals surface area (Å²) in [6.45, 7) is -0.0290. The van der Waals surface area contributed by atoms with Crippen LogP contribution in [0.25, 0.3) is 0 Å². The minimum Gasteiger partial charge on any atom is -0.259 e. The molecule has 0 aliphatic heterocycles. The highest BCUT2D eigenvalue weighted by Gasteiger charge is 2.27. The van der Waals surface area contributed by atoms with Crippen molar-refractivity contribution in [2.45, 2.75) is 11.4 Å². The summed E-state index contributed by atoms with van der Waals surface area (Å²) in [7, 11) is -3.94. The molecule has 0 fully saturated rings. The van der Waals surface area contributed by atoms with Crippen LogP contribution in [0.1, 0.15) is 5.56 Å². The summed E-state index contributed by atoms with van der Waals surface area (Å²) in [4.78, 5) is 0.0975. The third kappa shape index (κ3) is 3.83. The van der Waals surface area contributed by atoms with Gasteiger partial charge in [0, 0.05) is 5.02 Å². The van der Waals surface area contributed by atoms with Gasteiger partial charge < -0.3 is 0 Å². The number of hydrogen-bond donors (Lipinski definition) is 0. The monoisotopic (exact) mass is 375 g/mol.